The zero-order chi connectivity index (χ0) is 43.1. The summed E-state index contributed by atoms with van der Waals surface area (Å²) < 4.78 is 0. The Morgan fingerprint density at radius 3 is 1.56 bits per heavy atom. The maximum absolute atomic E-state index is 2.70. The maximum Gasteiger partial charge on any atom is 0.252 e. The Hall–Kier alpha value is -5.80. The first kappa shape index (κ1) is 39.1. The van der Waals surface area contributed by atoms with Crippen LogP contribution in [0.5, 0.6) is 0 Å². The van der Waals surface area contributed by atoms with E-state index in [1.165, 1.54) is 119 Å². The van der Waals surface area contributed by atoms with Crippen LogP contribution in [-0.2, 0) is 21.7 Å². The molecule has 2 aliphatic carbocycles. The van der Waals surface area contributed by atoms with Crippen LogP contribution in [0.15, 0.2) is 140 Å². The smallest absolute Gasteiger partial charge is 0.252 e. The Labute approximate surface area is 370 Å². The van der Waals surface area contributed by atoms with E-state index in [-0.39, 0.29) is 28.4 Å². The van der Waals surface area contributed by atoms with E-state index in [2.05, 4.69) is 219 Å². The van der Waals surface area contributed by atoms with Crippen LogP contribution in [0, 0.1) is 13.8 Å². The van der Waals surface area contributed by atoms with Gasteiger partial charge in [0.25, 0.3) is 6.71 Å². The van der Waals surface area contributed by atoms with Gasteiger partial charge in [0.2, 0.25) is 0 Å². The zero-order valence-electron chi connectivity index (χ0n) is 38.4. The molecule has 0 radical (unpaired) electrons. The highest BCUT2D eigenvalue weighted by Crippen LogP contribution is 2.55. The Kier molecular flexibility index (Phi) is 8.42. The Balaban J connectivity index is 1.25. The third kappa shape index (κ3) is 5.83. The van der Waals surface area contributed by atoms with Crippen LogP contribution in [0.1, 0.15) is 108 Å². The predicted octanol–water partition coefficient (Wildman–Crippen LogP) is 14.0. The Bertz CT molecular complexity index is 2970. The number of hydrogen-bond donors (Lipinski definition) is 0. The van der Waals surface area contributed by atoms with E-state index in [0.717, 1.165) is 6.42 Å². The van der Waals surface area contributed by atoms with E-state index in [4.69, 9.17) is 0 Å². The minimum absolute atomic E-state index is 0.0523. The molecule has 0 bridgehead atoms. The molecule has 62 heavy (non-hydrogen) atoms. The summed E-state index contributed by atoms with van der Waals surface area (Å²) in [4.78, 5) is 5.29. The Morgan fingerprint density at radius 2 is 0.919 bits per heavy atom. The van der Waals surface area contributed by atoms with Gasteiger partial charge >= 0.3 is 0 Å². The van der Waals surface area contributed by atoms with Gasteiger partial charge in [0, 0.05) is 34.1 Å². The molecule has 2 heterocycles. The predicted molar refractivity (Wildman–Crippen MR) is 267 cm³/mol. The number of aryl methyl sites for hydroxylation is 2. The molecule has 0 atom stereocenters. The molecule has 2 aliphatic heterocycles. The van der Waals surface area contributed by atoms with Crippen molar-refractivity contribution in [3.63, 3.8) is 0 Å². The molecule has 0 unspecified atom stereocenters. The Morgan fingerprint density at radius 1 is 0.403 bits per heavy atom. The zero-order valence-corrected chi connectivity index (χ0v) is 38.4. The van der Waals surface area contributed by atoms with Crippen molar-refractivity contribution < 1.29 is 0 Å². The molecule has 0 amide bonds. The van der Waals surface area contributed by atoms with E-state index in [0.29, 0.717) is 0 Å². The van der Waals surface area contributed by atoms with Crippen LogP contribution in [-0.4, -0.2) is 6.71 Å². The van der Waals surface area contributed by atoms with E-state index < -0.39 is 0 Å². The summed E-state index contributed by atoms with van der Waals surface area (Å²) in [7, 11) is 0. The maximum atomic E-state index is 2.70. The van der Waals surface area contributed by atoms with E-state index in [1.807, 2.05) is 0 Å². The van der Waals surface area contributed by atoms with Gasteiger partial charge in [-0.2, -0.15) is 0 Å². The van der Waals surface area contributed by atoms with Gasteiger partial charge in [0.05, 0.1) is 0 Å². The van der Waals surface area contributed by atoms with E-state index >= 15 is 0 Å². The summed E-state index contributed by atoms with van der Waals surface area (Å²) in [5.74, 6) is 0. The highest BCUT2D eigenvalue weighted by Gasteiger charge is 2.48. The molecule has 0 spiro atoms. The van der Waals surface area contributed by atoms with Gasteiger partial charge in [0.1, 0.15) is 0 Å². The van der Waals surface area contributed by atoms with Gasteiger partial charge in [-0.3, -0.25) is 0 Å². The standard InChI is InChI=1S/C59H59BN2/c1-37-28-53-55-54(29-37)62(50-34-47-44(30-38(50)2)58(7,8)36-59(47,9)10)52-35-46-45(56(3,4)26-27-57(46,5)6)33-49(52)60(55)48-25-24-42(40-20-15-12-16-21-40)32-51(48)61(53)43-23-17-22-41(31-43)39-18-13-11-14-19-39/h11-25,28-35H,26-27,36H2,1-10H3. The summed E-state index contributed by atoms with van der Waals surface area (Å²) in [6.07, 6.45) is 3.50. The molecule has 0 saturated heterocycles. The second-order valence-electron chi connectivity index (χ2n) is 21.7. The van der Waals surface area contributed by atoms with Crippen molar-refractivity contribution in [1.29, 1.82) is 0 Å². The highest BCUT2D eigenvalue weighted by molar-refractivity contribution is 7.00. The largest absolute Gasteiger partial charge is 0.311 e. The van der Waals surface area contributed by atoms with Gasteiger partial charge in [-0.05, 0) is 169 Å². The molecule has 7 aromatic rings. The van der Waals surface area contributed by atoms with Crippen molar-refractivity contribution in [3.05, 3.63) is 173 Å². The van der Waals surface area contributed by atoms with Crippen LogP contribution in [0.3, 0.4) is 0 Å². The normalized spacial score (nSPS) is 18.1. The van der Waals surface area contributed by atoms with Gasteiger partial charge in [-0.15, -0.1) is 0 Å². The number of anilines is 6. The highest BCUT2D eigenvalue weighted by atomic mass is 15.2. The average molecular weight is 807 g/mol. The molecule has 0 aromatic heterocycles. The molecule has 0 N–H and O–H groups in total. The van der Waals surface area contributed by atoms with Crippen LogP contribution < -0.4 is 26.2 Å². The second-order valence-corrected chi connectivity index (χ2v) is 21.7. The number of nitrogens with zero attached hydrogens (tertiary/aromatic N) is 2. The minimum atomic E-state index is 0.0523. The number of hydrogen-bond acceptors (Lipinski definition) is 2. The van der Waals surface area contributed by atoms with E-state index in [9.17, 15) is 0 Å². The fourth-order valence-corrected chi connectivity index (χ4v) is 12.3. The number of benzene rings is 7. The van der Waals surface area contributed by atoms with Crippen LogP contribution in [0.2, 0.25) is 0 Å². The lowest BCUT2D eigenvalue weighted by Crippen LogP contribution is -2.62. The third-order valence-corrected chi connectivity index (χ3v) is 15.4. The lowest BCUT2D eigenvalue weighted by molar-refractivity contribution is 0.332. The van der Waals surface area contributed by atoms with Crippen LogP contribution in [0.4, 0.5) is 34.1 Å². The average Bonchev–Trinajstić information content (AvgIpc) is 3.43. The van der Waals surface area contributed by atoms with Crippen molar-refractivity contribution in [2.75, 3.05) is 9.80 Å². The molecule has 308 valence electrons. The second kappa shape index (κ2) is 13.4. The first-order chi connectivity index (χ1) is 29.5. The van der Waals surface area contributed by atoms with Crippen molar-refractivity contribution in [2.24, 2.45) is 0 Å². The molecule has 7 aromatic carbocycles. The lowest BCUT2D eigenvalue weighted by atomic mass is 9.33. The van der Waals surface area contributed by atoms with Gasteiger partial charge in [0.15, 0.2) is 0 Å². The molecular weight excluding hydrogens is 747 g/mol. The summed E-state index contributed by atoms with van der Waals surface area (Å²) in [6, 6.07) is 53.7. The molecule has 3 heteroatoms. The van der Waals surface area contributed by atoms with Crippen molar-refractivity contribution in [1.82, 2.24) is 0 Å². The topological polar surface area (TPSA) is 6.48 Å². The van der Waals surface area contributed by atoms with Crippen molar-refractivity contribution in [3.8, 4) is 22.3 Å². The van der Waals surface area contributed by atoms with E-state index in [1.54, 1.807) is 0 Å². The number of rotatable bonds is 4. The van der Waals surface area contributed by atoms with Gasteiger partial charge < -0.3 is 9.80 Å². The molecule has 11 rings (SSSR count). The molecule has 4 aliphatic rings. The summed E-state index contributed by atoms with van der Waals surface area (Å²) >= 11 is 0. The van der Waals surface area contributed by atoms with Crippen LogP contribution in [0.25, 0.3) is 22.3 Å². The quantitative estimate of drug-likeness (QED) is 0.164. The van der Waals surface area contributed by atoms with Crippen molar-refractivity contribution in [2.45, 2.75) is 110 Å². The van der Waals surface area contributed by atoms with Gasteiger partial charge in [-0.25, -0.2) is 0 Å². The lowest BCUT2D eigenvalue weighted by Gasteiger charge is -2.48. The third-order valence-electron chi connectivity index (χ3n) is 15.4. The number of fused-ring (bicyclic) bond motifs is 6. The summed E-state index contributed by atoms with van der Waals surface area (Å²) in [5, 5.41) is 0. The fraction of sp³-hybridized carbons (Fsp3) is 0.288. The molecule has 0 saturated carbocycles. The molecule has 2 nitrogen and oxygen atoms in total. The first-order valence-electron chi connectivity index (χ1n) is 23.0. The molecule has 0 fully saturated rings. The summed E-state index contributed by atoms with van der Waals surface area (Å²) in [5.41, 5.74) is 25.6. The fourth-order valence-electron chi connectivity index (χ4n) is 12.3. The van der Waals surface area contributed by atoms with Crippen molar-refractivity contribution >= 4 is 57.2 Å². The first-order valence-corrected chi connectivity index (χ1v) is 23.0. The van der Waals surface area contributed by atoms with Gasteiger partial charge in [-0.1, -0.05) is 152 Å². The monoisotopic (exact) mass is 806 g/mol. The SMILES string of the molecule is Cc1cc2c3c(c1)N(c1cc4c(cc1C)C(C)(C)CC4(C)C)c1cc4c(cc1B3c1ccc(-c3ccccc3)cc1N2c1cccc(-c2ccccc2)c1)C(C)(C)CCC4(C)C. The van der Waals surface area contributed by atoms with Crippen LogP contribution >= 0.6 is 0 Å². The summed E-state index contributed by atoms with van der Waals surface area (Å²) in [6.45, 7) is 24.4. The minimum Gasteiger partial charge on any atom is -0.311 e. The molecular formula is C59H59BN2.